The molecule has 144 valence electrons. The maximum atomic E-state index is 12.6. The number of ether oxygens (including phenoxy) is 1. The fourth-order valence-corrected chi connectivity index (χ4v) is 3.20. The van der Waals surface area contributed by atoms with Crippen molar-refractivity contribution in [1.82, 2.24) is 25.5 Å². The van der Waals surface area contributed by atoms with Crippen molar-refractivity contribution in [2.24, 2.45) is 0 Å². The number of morpholine rings is 1. The van der Waals surface area contributed by atoms with Crippen LogP contribution in [0.25, 0.3) is 5.69 Å². The van der Waals surface area contributed by atoms with Gasteiger partial charge in [-0.1, -0.05) is 12.1 Å². The largest absolute Gasteiger partial charge is 0.378 e. The monoisotopic (exact) mass is 378 g/mol. The van der Waals surface area contributed by atoms with E-state index in [0.717, 1.165) is 37.6 Å². The quantitative estimate of drug-likeness (QED) is 0.731. The average Bonchev–Trinajstić information content (AvgIpc) is 3.29. The molecule has 1 N–H and O–H groups in total. The van der Waals surface area contributed by atoms with Crippen LogP contribution in [0.3, 0.4) is 0 Å². The Morgan fingerprint density at radius 2 is 1.71 bits per heavy atom. The van der Waals surface area contributed by atoms with Crippen molar-refractivity contribution in [2.45, 2.75) is 13.0 Å². The average molecular weight is 378 g/mol. The van der Waals surface area contributed by atoms with E-state index in [1.807, 2.05) is 19.1 Å². The molecule has 1 amide bonds. The molecule has 4 rings (SSSR count). The molecule has 1 fully saturated rings. The highest BCUT2D eigenvalue weighted by molar-refractivity contribution is 5.94. The van der Waals surface area contributed by atoms with Crippen molar-refractivity contribution < 1.29 is 9.53 Å². The minimum atomic E-state index is -0.118. The van der Waals surface area contributed by atoms with E-state index in [-0.39, 0.29) is 11.9 Å². The van der Waals surface area contributed by atoms with Gasteiger partial charge in [-0.05, 0) is 59.3 Å². The zero-order valence-electron chi connectivity index (χ0n) is 15.7. The number of aromatic nitrogens is 4. The van der Waals surface area contributed by atoms with Gasteiger partial charge in [0.05, 0.1) is 24.9 Å². The second kappa shape index (κ2) is 8.18. The molecule has 0 radical (unpaired) electrons. The van der Waals surface area contributed by atoms with Crippen LogP contribution in [0, 0.1) is 0 Å². The Labute approximate surface area is 163 Å². The predicted octanol–water partition coefficient (Wildman–Crippen LogP) is 1.99. The molecule has 1 aromatic heterocycles. The summed E-state index contributed by atoms with van der Waals surface area (Å²) in [6, 6.07) is 15.4. The van der Waals surface area contributed by atoms with Crippen LogP contribution in [0.5, 0.6) is 0 Å². The van der Waals surface area contributed by atoms with Crippen LogP contribution in [-0.4, -0.2) is 52.4 Å². The third-order valence-electron chi connectivity index (χ3n) is 4.86. The molecule has 0 unspecified atom stereocenters. The minimum absolute atomic E-state index is 0.0922. The van der Waals surface area contributed by atoms with Crippen molar-refractivity contribution in [3.8, 4) is 5.69 Å². The molecular weight excluding hydrogens is 356 g/mol. The fourth-order valence-electron chi connectivity index (χ4n) is 3.20. The first-order valence-electron chi connectivity index (χ1n) is 9.27. The number of hydrogen-bond donors (Lipinski definition) is 1. The summed E-state index contributed by atoms with van der Waals surface area (Å²) in [7, 11) is 0. The van der Waals surface area contributed by atoms with Crippen molar-refractivity contribution in [1.29, 1.82) is 0 Å². The van der Waals surface area contributed by atoms with Gasteiger partial charge in [0.15, 0.2) is 0 Å². The van der Waals surface area contributed by atoms with Gasteiger partial charge in [-0.3, -0.25) is 4.79 Å². The summed E-state index contributed by atoms with van der Waals surface area (Å²) >= 11 is 0. The van der Waals surface area contributed by atoms with Crippen molar-refractivity contribution in [3.05, 3.63) is 66.0 Å². The number of tetrazole rings is 1. The van der Waals surface area contributed by atoms with Crippen LogP contribution in [-0.2, 0) is 4.74 Å². The third kappa shape index (κ3) is 4.01. The summed E-state index contributed by atoms with van der Waals surface area (Å²) in [5.74, 6) is -0.118. The minimum Gasteiger partial charge on any atom is -0.378 e. The predicted molar refractivity (Wildman–Crippen MR) is 105 cm³/mol. The van der Waals surface area contributed by atoms with Crippen LogP contribution < -0.4 is 10.2 Å². The zero-order chi connectivity index (χ0) is 19.3. The number of anilines is 1. The van der Waals surface area contributed by atoms with Crippen molar-refractivity contribution in [3.63, 3.8) is 0 Å². The van der Waals surface area contributed by atoms with Crippen molar-refractivity contribution in [2.75, 3.05) is 31.2 Å². The standard InChI is InChI=1S/C20H22N6O2/c1-15(16-2-6-18(7-3-16)25-10-12-28-13-11-25)22-20(27)17-4-8-19(9-5-17)26-14-21-23-24-26/h2-9,14-15H,10-13H2,1H3,(H,22,27)/t15-/m0/s1. The summed E-state index contributed by atoms with van der Waals surface area (Å²) in [4.78, 5) is 14.9. The normalized spacial score (nSPS) is 15.2. The van der Waals surface area contributed by atoms with E-state index in [0.29, 0.717) is 5.56 Å². The molecule has 2 heterocycles. The van der Waals surface area contributed by atoms with E-state index in [4.69, 9.17) is 4.74 Å². The zero-order valence-corrected chi connectivity index (χ0v) is 15.7. The third-order valence-corrected chi connectivity index (χ3v) is 4.86. The van der Waals surface area contributed by atoms with Gasteiger partial charge in [-0.15, -0.1) is 5.10 Å². The molecule has 1 saturated heterocycles. The number of carbonyl (C=O) groups excluding carboxylic acids is 1. The molecule has 0 spiro atoms. The molecule has 0 saturated carbocycles. The summed E-state index contributed by atoms with van der Waals surface area (Å²) in [6.07, 6.45) is 1.51. The number of hydrogen-bond acceptors (Lipinski definition) is 6. The first-order valence-corrected chi connectivity index (χ1v) is 9.27. The van der Waals surface area contributed by atoms with Crippen LogP contribution in [0.15, 0.2) is 54.9 Å². The van der Waals surface area contributed by atoms with E-state index in [1.54, 1.807) is 16.8 Å². The Hall–Kier alpha value is -3.26. The van der Waals surface area contributed by atoms with E-state index in [1.165, 1.54) is 12.0 Å². The molecule has 2 aromatic carbocycles. The van der Waals surface area contributed by atoms with Crippen LogP contribution >= 0.6 is 0 Å². The molecule has 3 aromatic rings. The fraction of sp³-hybridized carbons (Fsp3) is 0.300. The molecule has 28 heavy (non-hydrogen) atoms. The van der Waals surface area contributed by atoms with Crippen LogP contribution in [0.4, 0.5) is 5.69 Å². The van der Waals surface area contributed by atoms with E-state index < -0.39 is 0 Å². The summed E-state index contributed by atoms with van der Waals surface area (Å²) in [5.41, 5.74) is 3.64. The Balaban J connectivity index is 1.38. The number of rotatable bonds is 5. The van der Waals surface area contributed by atoms with Crippen LogP contribution in [0.1, 0.15) is 28.9 Å². The van der Waals surface area contributed by atoms with Gasteiger partial charge in [0.25, 0.3) is 5.91 Å². The molecule has 0 aliphatic carbocycles. The smallest absolute Gasteiger partial charge is 0.251 e. The maximum absolute atomic E-state index is 12.6. The lowest BCUT2D eigenvalue weighted by Gasteiger charge is -2.29. The molecular formula is C20H22N6O2. The van der Waals surface area contributed by atoms with Gasteiger partial charge < -0.3 is 15.0 Å². The van der Waals surface area contributed by atoms with E-state index in [2.05, 4.69) is 50.0 Å². The van der Waals surface area contributed by atoms with Gasteiger partial charge in [-0.2, -0.15) is 0 Å². The molecule has 1 aliphatic rings. The molecule has 8 heteroatoms. The topological polar surface area (TPSA) is 85.2 Å². The van der Waals surface area contributed by atoms with Gasteiger partial charge in [0.1, 0.15) is 6.33 Å². The number of nitrogens with zero attached hydrogens (tertiary/aromatic N) is 5. The molecule has 1 aliphatic heterocycles. The lowest BCUT2D eigenvalue weighted by Crippen LogP contribution is -2.36. The summed E-state index contributed by atoms with van der Waals surface area (Å²) in [5, 5.41) is 14.1. The van der Waals surface area contributed by atoms with E-state index in [9.17, 15) is 4.79 Å². The lowest BCUT2D eigenvalue weighted by atomic mass is 10.1. The summed E-state index contributed by atoms with van der Waals surface area (Å²) < 4.78 is 6.94. The van der Waals surface area contributed by atoms with Crippen molar-refractivity contribution >= 4 is 11.6 Å². The first-order chi connectivity index (χ1) is 13.7. The second-order valence-electron chi connectivity index (χ2n) is 6.69. The maximum Gasteiger partial charge on any atom is 0.251 e. The van der Waals surface area contributed by atoms with Gasteiger partial charge in [0.2, 0.25) is 0 Å². The highest BCUT2D eigenvalue weighted by Crippen LogP contribution is 2.20. The van der Waals surface area contributed by atoms with Crippen LogP contribution in [0.2, 0.25) is 0 Å². The molecule has 0 bridgehead atoms. The number of benzene rings is 2. The highest BCUT2D eigenvalue weighted by Gasteiger charge is 2.14. The Morgan fingerprint density at radius 3 is 2.36 bits per heavy atom. The molecule has 1 atom stereocenters. The summed E-state index contributed by atoms with van der Waals surface area (Å²) in [6.45, 7) is 5.33. The molecule has 8 nitrogen and oxygen atoms in total. The van der Waals surface area contributed by atoms with Gasteiger partial charge in [0, 0.05) is 24.3 Å². The Bertz CT molecular complexity index is 903. The SMILES string of the molecule is C[C@H](NC(=O)c1ccc(-n2cnnn2)cc1)c1ccc(N2CCOCC2)cc1. The lowest BCUT2D eigenvalue weighted by molar-refractivity contribution is 0.0940. The van der Waals surface area contributed by atoms with Gasteiger partial charge in [-0.25, -0.2) is 4.68 Å². The first kappa shape index (κ1) is 18.1. The van der Waals surface area contributed by atoms with Gasteiger partial charge >= 0.3 is 0 Å². The number of amides is 1. The highest BCUT2D eigenvalue weighted by atomic mass is 16.5. The Morgan fingerprint density at radius 1 is 1.04 bits per heavy atom. The second-order valence-corrected chi connectivity index (χ2v) is 6.69. The van der Waals surface area contributed by atoms with E-state index >= 15 is 0 Å². The number of carbonyl (C=O) groups is 1. The number of nitrogens with one attached hydrogen (secondary N) is 1. The Kier molecular flexibility index (Phi) is 5.29.